The number of hydrogen-bond donors (Lipinski definition) is 0. The highest BCUT2D eigenvalue weighted by Gasteiger charge is 2.42. The van der Waals surface area contributed by atoms with E-state index in [-0.39, 0.29) is 23.7 Å². The number of ketones is 1. The van der Waals surface area contributed by atoms with Gasteiger partial charge in [0.15, 0.2) is 0 Å². The Morgan fingerprint density at radius 2 is 1.88 bits per heavy atom. The van der Waals surface area contributed by atoms with Crippen molar-refractivity contribution in [2.75, 3.05) is 12.9 Å². The lowest BCUT2D eigenvalue weighted by Crippen LogP contribution is -2.41. The van der Waals surface area contributed by atoms with Gasteiger partial charge in [-0.1, -0.05) is 13.8 Å². The van der Waals surface area contributed by atoms with Crippen LogP contribution in [0.15, 0.2) is 0 Å². The summed E-state index contributed by atoms with van der Waals surface area (Å²) in [5, 5.41) is 0. The Balaban J connectivity index is 2.36. The Morgan fingerprint density at radius 1 is 1.38 bits per heavy atom. The van der Waals surface area contributed by atoms with Crippen molar-refractivity contribution in [1.82, 2.24) is 0 Å². The van der Waals surface area contributed by atoms with Crippen LogP contribution >= 0.6 is 0 Å². The molecule has 0 aromatic rings. The number of carbonyl (C=O) groups is 1. The molecule has 5 heteroatoms. The third kappa shape index (κ3) is 3.28. The molecular formula is C11H20O4S. The minimum atomic E-state index is -3.33. The van der Waals surface area contributed by atoms with Crippen LogP contribution in [-0.2, 0) is 19.1 Å². The smallest absolute Gasteiger partial charge is 0.264 e. The molecule has 0 atom stereocenters. The van der Waals surface area contributed by atoms with Gasteiger partial charge in [-0.15, -0.1) is 0 Å². The van der Waals surface area contributed by atoms with Gasteiger partial charge in [-0.05, 0) is 31.6 Å². The van der Waals surface area contributed by atoms with Crippen LogP contribution < -0.4 is 0 Å². The highest BCUT2D eigenvalue weighted by molar-refractivity contribution is 7.85. The Morgan fingerprint density at radius 3 is 2.25 bits per heavy atom. The summed E-state index contributed by atoms with van der Waals surface area (Å²) < 4.78 is 26.3. The quantitative estimate of drug-likeness (QED) is 0.693. The first kappa shape index (κ1) is 13.6. The average molecular weight is 248 g/mol. The third-order valence-corrected chi connectivity index (χ3v) is 4.25. The lowest BCUT2D eigenvalue weighted by atomic mass is 9.61. The summed E-state index contributed by atoms with van der Waals surface area (Å²) in [5.74, 6) is 0.830. The largest absolute Gasteiger partial charge is 0.299 e. The van der Waals surface area contributed by atoms with Gasteiger partial charge < -0.3 is 0 Å². The van der Waals surface area contributed by atoms with Crippen molar-refractivity contribution in [2.24, 2.45) is 17.3 Å². The van der Waals surface area contributed by atoms with Gasteiger partial charge in [-0.25, -0.2) is 0 Å². The molecule has 0 N–H and O–H groups in total. The molecule has 0 bridgehead atoms. The second kappa shape index (κ2) is 4.45. The van der Waals surface area contributed by atoms with Crippen molar-refractivity contribution in [3.05, 3.63) is 0 Å². The molecule has 0 aromatic heterocycles. The van der Waals surface area contributed by atoms with Crippen molar-refractivity contribution in [2.45, 2.75) is 33.6 Å². The summed E-state index contributed by atoms with van der Waals surface area (Å²) in [6, 6.07) is 0. The van der Waals surface area contributed by atoms with Crippen LogP contribution in [0.3, 0.4) is 0 Å². The normalized spacial score (nSPS) is 26.2. The zero-order chi connectivity index (χ0) is 12.6. The molecule has 16 heavy (non-hydrogen) atoms. The fourth-order valence-corrected chi connectivity index (χ4v) is 2.41. The minimum absolute atomic E-state index is 0.194. The zero-order valence-electron chi connectivity index (χ0n) is 10.3. The number of carbonyl (C=O) groups excluding carboxylic acids is 1. The average Bonchev–Trinajstić information content (AvgIpc) is 1.97. The van der Waals surface area contributed by atoms with E-state index < -0.39 is 10.1 Å². The van der Waals surface area contributed by atoms with Crippen LogP contribution in [0.2, 0.25) is 0 Å². The Hall–Kier alpha value is -0.420. The SMILES string of the molecule is CC(=O)C(C)(C)C1CC(COS(C)(=O)=O)C1. The van der Waals surface area contributed by atoms with Crippen LogP contribution in [0.4, 0.5) is 0 Å². The van der Waals surface area contributed by atoms with E-state index in [1.807, 2.05) is 13.8 Å². The summed E-state index contributed by atoms with van der Waals surface area (Å²) in [6.07, 6.45) is 2.81. The summed E-state index contributed by atoms with van der Waals surface area (Å²) in [4.78, 5) is 11.4. The minimum Gasteiger partial charge on any atom is -0.299 e. The predicted molar refractivity (Wildman–Crippen MR) is 61.5 cm³/mol. The lowest BCUT2D eigenvalue weighted by Gasteiger charge is -2.43. The van der Waals surface area contributed by atoms with E-state index in [0.717, 1.165) is 19.1 Å². The molecule has 0 unspecified atom stereocenters. The molecule has 1 aliphatic carbocycles. The highest BCUT2D eigenvalue weighted by Crippen LogP contribution is 2.46. The maximum Gasteiger partial charge on any atom is 0.264 e. The molecule has 4 nitrogen and oxygen atoms in total. The number of Topliss-reactive ketones (excluding diaryl/α,β-unsaturated/α-hetero) is 1. The third-order valence-electron chi connectivity index (χ3n) is 3.68. The molecule has 1 aliphatic rings. The van der Waals surface area contributed by atoms with Gasteiger partial charge in [0.25, 0.3) is 10.1 Å². The van der Waals surface area contributed by atoms with Gasteiger partial charge in [-0.2, -0.15) is 8.42 Å². The molecule has 1 fully saturated rings. The van der Waals surface area contributed by atoms with Crippen LogP contribution in [0, 0.1) is 17.3 Å². The monoisotopic (exact) mass is 248 g/mol. The predicted octanol–water partition coefficient (Wildman–Crippen LogP) is 1.60. The topological polar surface area (TPSA) is 60.4 Å². The molecule has 0 aromatic carbocycles. The number of hydrogen-bond acceptors (Lipinski definition) is 4. The molecule has 0 amide bonds. The van der Waals surface area contributed by atoms with Crippen molar-refractivity contribution in [3.8, 4) is 0 Å². The first-order chi connectivity index (χ1) is 7.13. The maximum absolute atomic E-state index is 11.4. The molecule has 0 spiro atoms. The maximum atomic E-state index is 11.4. The van der Waals surface area contributed by atoms with E-state index in [1.165, 1.54) is 0 Å². The van der Waals surface area contributed by atoms with E-state index in [0.29, 0.717) is 5.92 Å². The Labute approximate surface area is 97.5 Å². The molecule has 0 aliphatic heterocycles. The van der Waals surface area contributed by atoms with Gasteiger partial charge in [0, 0.05) is 5.41 Å². The van der Waals surface area contributed by atoms with E-state index >= 15 is 0 Å². The molecule has 1 rings (SSSR count). The first-order valence-electron chi connectivity index (χ1n) is 5.48. The standard InChI is InChI=1S/C11H20O4S/c1-8(12)11(2,3)10-5-9(6-10)7-15-16(4,13)14/h9-10H,5-7H2,1-4H3. The Bertz CT molecular complexity index is 363. The van der Waals surface area contributed by atoms with Crippen molar-refractivity contribution in [1.29, 1.82) is 0 Å². The summed E-state index contributed by atoms with van der Waals surface area (Å²) in [5.41, 5.74) is -0.290. The molecule has 0 radical (unpaired) electrons. The van der Waals surface area contributed by atoms with Crippen molar-refractivity contribution in [3.63, 3.8) is 0 Å². The lowest BCUT2D eigenvalue weighted by molar-refractivity contribution is -0.131. The molecule has 94 valence electrons. The van der Waals surface area contributed by atoms with Crippen molar-refractivity contribution < 1.29 is 17.4 Å². The second-order valence-electron chi connectivity index (χ2n) is 5.30. The Kier molecular flexibility index (Phi) is 3.80. The van der Waals surface area contributed by atoms with E-state index in [9.17, 15) is 13.2 Å². The first-order valence-corrected chi connectivity index (χ1v) is 7.30. The molecule has 1 saturated carbocycles. The van der Waals surface area contributed by atoms with Gasteiger partial charge >= 0.3 is 0 Å². The van der Waals surface area contributed by atoms with E-state index in [1.54, 1.807) is 6.92 Å². The summed E-state index contributed by atoms with van der Waals surface area (Å²) in [7, 11) is -3.33. The van der Waals surface area contributed by atoms with Crippen LogP contribution in [0.1, 0.15) is 33.6 Å². The molecule has 0 saturated heterocycles. The van der Waals surface area contributed by atoms with Gasteiger partial charge in [0.05, 0.1) is 12.9 Å². The van der Waals surface area contributed by atoms with Crippen molar-refractivity contribution >= 4 is 15.9 Å². The fraction of sp³-hybridized carbons (Fsp3) is 0.909. The van der Waals surface area contributed by atoms with E-state index in [4.69, 9.17) is 4.18 Å². The highest BCUT2D eigenvalue weighted by atomic mass is 32.2. The molecular weight excluding hydrogens is 228 g/mol. The van der Waals surface area contributed by atoms with Gasteiger partial charge in [-0.3, -0.25) is 8.98 Å². The van der Waals surface area contributed by atoms with Crippen LogP contribution in [-0.4, -0.2) is 27.1 Å². The summed E-state index contributed by atoms with van der Waals surface area (Å²) in [6.45, 7) is 5.77. The number of rotatable bonds is 5. The second-order valence-corrected chi connectivity index (χ2v) is 6.94. The molecule has 0 heterocycles. The zero-order valence-corrected chi connectivity index (χ0v) is 11.1. The van der Waals surface area contributed by atoms with E-state index in [2.05, 4.69) is 0 Å². The van der Waals surface area contributed by atoms with Crippen LogP contribution in [0.25, 0.3) is 0 Å². The van der Waals surface area contributed by atoms with Gasteiger partial charge in [0.2, 0.25) is 0 Å². The van der Waals surface area contributed by atoms with Gasteiger partial charge in [0.1, 0.15) is 5.78 Å². The fourth-order valence-electron chi connectivity index (χ4n) is 1.97. The summed E-state index contributed by atoms with van der Waals surface area (Å²) >= 11 is 0. The van der Waals surface area contributed by atoms with Crippen LogP contribution in [0.5, 0.6) is 0 Å².